The second-order valence-electron chi connectivity index (χ2n) is 6.43. The number of aliphatic hydroxyl groups is 1. The number of fused-ring (bicyclic) bond motifs is 1. The van der Waals surface area contributed by atoms with Crippen molar-refractivity contribution in [1.29, 1.82) is 0 Å². The monoisotopic (exact) mass is 277 g/mol. The van der Waals surface area contributed by atoms with E-state index in [2.05, 4.69) is 19.1 Å². The molecular weight excluding hydrogens is 254 g/mol. The Morgan fingerprint density at radius 1 is 1.30 bits per heavy atom. The van der Waals surface area contributed by atoms with Gasteiger partial charge in [0, 0.05) is 5.92 Å². The Hall–Kier alpha value is -0.940. The molecule has 0 saturated carbocycles. The second kappa shape index (κ2) is 5.11. The highest BCUT2D eigenvalue weighted by molar-refractivity contribution is 5.21. The minimum Gasteiger partial charge on any atom is -0.394 e. The summed E-state index contributed by atoms with van der Waals surface area (Å²) in [5.41, 5.74) is 0.769. The molecule has 0 amide bonds. The van der Waals surface area contributed by atoms with E-state index in [9.17, 15) is 5.11 Å². The molecule has 4 nitrogen and oxygen atoms in total. The van der Waals surface area contributed by atoms with Crippen LogP contribution in [0.5, 0.6) is 0 Å². The molecule has 2 aliphatic rings. The minimum atomic E-state index is -0.408. The van der Waals surface area contributed by atoms with E-state index < -0.39 is 5.54 Å². The van der Waals surface area contributed by atoms with Crippen molar-refractivity contribution in [2.75, 3.05) is 13.2 Å². The maximum Gasteiger partial charge on any atom is 0.111 e. The van der Waals surface area contributed by atoms with Gasteiger partial charge in [-0.1, -0.05) is 30.3 Å². The molecular formula is C16H23NO3. The zero-order valence-electron chi connectivity index (χ0n) is 12.3. The van der Waals surface area contributed by atoms with E-state index >= 15 is 0 Å². The molecule has 0 spiro atoms. The standard InChI is InChI=1S/C16H23NO3/c1-11-14-13(9-19-11)15(12-7-5-4-6-8-12)20-17(14)16(2,3)10-18/h4-8,11,13-15,18H,9-10H2,1-3H3/t11-,13+,14-,15-/m0/s1. The Kier molecular flexibility index (Phi) is 3.58. The SMILES string of the molecule is C[C@@H]1OC[C@@H]2[C@H]1N(C(C)(C)CO)O[C@H]2c1ccccc1. The zero-order chi connectivity index (χ0) is 14.3. The fourth-order valence-electron chi connectivity index (χ4n) is 3.28. The Bertz CT molecular complexity index is 462. The fraction of sp³-hybridized carbons (Fsp3) is 0.625. The normalized spacial score (nSPS) is 34.4. The Labute approximate surface area is 120 Å². The average Bonchev–Trinajstić information content (AvgIpc) is 3.01. The van der Waals surface area contributed by atoms with Gasteiger partial charge in [-0.25, -0.2) is 0 Å². The van der Waals surface area contributed by atoms with Crippen LogP contribution in [0.4, 0.5) is 0 Å². The van der Waals surface area contributed by atoms with Crippen molar-refractivity contribution < 1.29 is 14.7 Å². The first-order chi connectivity index (χ1) is 9.54. The molecule has 0 unspecified atom stereocenters. The molecule has 0 aromatic heterocycles. The van der Waals surface area contributed by atoms with Crippen LogP contribution in [0.15, 0.2) is 30.3 Å². The number of hydrogen-bond acceptors (Lipinski definition) is 4. The van der Waals surface area contributed by atoms with Crippen molar-refractivity contribution in [2.24, 2.45) is 5.92 Å². The van der Waals surface area contributed by atoms with Crippen LogP contribution in [0.25, 0.3) is 0 Å². The number of nitrogens with zero attached hydrogens (tertiary/aromatic N) is 1. The lowest BCUT2D eigenvalue weighted by molar-refractivity contribution is -0.239. The molecule has 1 aromatic rings. The van der Waals surface area contributed by atoms with Crippen LogP contribution < -0.4 is 0 Å². The van der Waals surface area contributed by atoms with Gasteiger partial charge in [0.1, 0.15) is 6.10 Å². The molecule has 110 valence electrons. The number of rotatable bonds is 3. The molecule has 0 bridgehead atoms. The highest BCUT2D eigenvalue weighted by Crippen LogP contribution is 2.46. The van der Waals surface area contributed by atoms with Crippen LogP contribution in [0.2, 0.25) is 0 Å². The van der Waals surface area contributed by atoms with Gasteiger partial charge in [-0.2, -0.15) is 5.06 Å². The second-order valence-corrected chi connectivity index (χ2v) is 6.43. The van der Waals surface area contributed by atoms with Gasteiger partial charge in [0.15, 0.2) is 0 Å². The van der Waals surface area contributed by atoms with Gasteiger partial charge in [0.25, 0.3) is 0 Å². The molecule has 0 radical (unpaired) electrons. The molecule has 1 N–H and O–H groups in total. The van der Waals surface area contributed by atoms with Crippen molar-refractivity contribution in [3.05, 3.63) is 35.9 Å². The van der Waals surface area contributed by atoms with Gasteiger partial charge in [-0.3, -0.25) is 4.84 Å². The van der Waals surface area contributed by atoms with Gasteiger partial charge >= 0.3 is 0 Å². The number of hydroxylamine groups is 2. The predicted octanol–water partition coefficient (Wildman–Crippen LogP) is 2.15. The predicted molar refractivity (Wildman–Crippen MR) is 76.0 cm³/mol. The molecule has 4 atom stereocenters. The Morgan fingerprint density at radius 2 is 2.00 bits per heavy atom. The quantitative estimate of drug-likeness (QED) is 0.919. The van der Waals surface area contributed by atoms with Crippen LogP contribution in [-0.4, -0.2) is 41.1 Å². The van der Waals surface area contributed by atoms with Gasteiger partial charge < -0.3 is 9.84 Å². The number of ether oxygens (including phenoxy) is 1. The van der Waals surface area contributed by atoms with Crippen LogP contribution in [0.1, 0.15) is 32.4 Å². The van der Waals surface area contributed by atoms with Crippen molar-refractivity contribution in [2.45, 2.75) is 44.6 Å². The first-order valence-electron chi connectivity index (χ1n) is 7.28. The summed E-state index contributed by atoms with van der Waals surface area (Å²) in [6.45, 7) is 6.86. The third-order valence-electron chi connectivity index (χ3n) is 4.47. The molecule has 2 fully saturated rings. The van der Waals surface area contributed by atoms with Crippen molar-refractivity contribution >= 4 is 0 Å². The Balaban J connectivity index is 1.92. The minimum absolute atomic E-state index is 0.0111. The first-order valence-corrected chi connectivity index (χ1v) is 7.28. The molecule has 4 heteroatoms. The molecule has 20 heavy (non-hydrogen) atoms. The summed E-state index contributed by atoms with van der Waals surface area (Å²) in [5.74, 6) is 0.318. The van der Waals surface area contributed by atoms with Crippen LogP contribution in [0.3, 0.4) is 0 Å². The van der Waals surface area contributed by atoms with Gasteiger partial charge in [-0.15, -0.1) is 0 Å². The Morgan fingerprint density at radius 3 is 2.65 bits per heavy atom. The molecule has 1 aromatic carbocycles. The van der Waals surface area contributed by atoms with Gasteiger partial charge in [0.2, 0.25) is 0 Å². The highest BCUT2D eigenvalue weighted by Gasteiger charge is 2.54. The van der Waals surface area contributed by atoms with E-state index in [1.807, 2.05) is 37.1 Å². The van der Waals surface area contributed by atoms with Crippen LogP contribution in [-0.2, 0) is 9.57 Å². The van der Waals surface area contributed by atoms with E-state index in [-0.39, 0.29) is 24.9 Å². The van der Waals surface area contributed by atoms with E-state index in [1.165, 1.54) is 5.56 Å². The molecule has 0 aliphatic carbocycles. The summed E-state index contributed by atoms with van der Waals surface area (Å²) in [6, 6.07) is 10.5. The number of benzene rings is 1. The fourth-order valence-corrected chi connectivity index (χ4v) is 3.28. The third-order valence-corrected chi connectivity index (χ3v) is 4.47. The van der Waals surface area contributed by atoms with Crippen molar-refractivity contribution in [3.63, 3.8) is 0 Å². The van der Waals surface area contributed by atoms with E-state index in [0.29, 0.717) is 12.5 Å². The molecule has 2 heterocycles. The van der Waals surface area contributed by atoms with Crippen LogP contribution >= 0.6 is 0 Å². The van der Waals surface area contributed by atoms with Gasteiger partial charge in [-0.05, 0) is 26.3 Å². The number of aliphatic hydroxyl groups excluding tert-OH is 1. The van der Waals surface area contributed by atoms with Gasteiger partial charge in [0.05, 0.1) is 30.9 Å². The molecule has 2 saturated heterocycles. The summed E-state index contributed by atoms with van der Waals surface area (Å²) in [5, 5.41) is 11.6. The summed E-state index contributed by atoms with van der Waals surface area (Å²) < 4.78 is 5.84. The number of hydrogen-bond donors (Lipinski definition) is 1. The van der Waals surface area contributed by atoms with E-state index in [4.69, 9.17) is 9.57 Å². The molecule has 2 aliphatic heterocycles. The summed E-state index contributed by atoms with van der Waals surface area (Å²) in [6.07, 6.45) is 0.136. The average molecular weight is 277 g/mol. The highest BCUT2D eigenvalue weighted by atomic mass is 16.7. The van der Waals surface area contributed by atoms with Crippen molar-refractivity contribution in [1.82, 2.24) is 5.06 Å². The maximum absolute atomic E-state index is 9.66. The lowest BCUT2D eigenvalue weighted by Crippen LogP contribution is -2.51. The first kappa shape index (κ1) is 14.0. The summed E-state index contributed by atoms with van der Waals surface area (Å²) in [4.78, 5) is 6.23. The largest absolute Gasteiger partial charge is 0.394 e. The van der Waals surface area contributed by atoms with Crippen molar-refractivity contribution in [3.8, 4) is 0 Å². The maximum atomic E-state index is 9.66. The van der Waals surface area contributed by atoms with E-state index in [0.717, 1.165) is 0 Å². The smallest absolute Gasteiger partial charge is 0.111 e. The molecule has 3 rings (SSSR count). The lowest BCUT2D eigenvalue weighted by Gasteiger charge is -2.37. The topological polar surface area (TPSA) is 41.9 Å². The zero-order valence-corrected chi connectivity index (χ0v) is 12.3. The van der Waals surface area contributed by atoms with Crippen LogP contribution in [0, 0.1) is 5.92 Å². The third kappa shape index (κ3) is 2.17. The van der Waals surface area contributed by atoms with E-state index in [1.54, 1.807) is 0 Å². The lowest BCUT2D eigenvalue weighted by atomic mass is 9.89. The summed E-state index contributed by atoms with van der Waals surface area (Å²) in [7, 11) is 0. The summed E-state index contributed by atoms with van der Waals surface area (Å²) >= 11 is 0.